The summed E-state index contributed by atoms with van der Waals surface area (Å²) in [5.41, 5.74) is 8.43. The zero-order valence-corrected chi connectivity index (χ0v) is 10.6. The average Bonchev–Trinajstić information content (AvgIpc) is 2.28. The number of hydrogen-bond donors (Lipinski definition) is 1. The minimum Gasteiger partial charge on any atom is -0.397 e. The fourth-order valence-corrected chi connectivity index (χ4v) is 1.95. The van der Waals surface area contributed by atoms with Gasteiger partial charge in [0.1, 0.15) is 0 Å². The molecule has 0 saturated heterocycles. The lowest BCUT2D eigenvalue weighted by atomic mass is 10.2. The Bertz CT molecular complexity index is 540. The molecule has 1 aromatic carbocycles. The molecule has 0 bridgehead atoms. The maximum atomic E-state index is 6.13. The number of benzene rings is 1. The summed E-state index contributed by atoms with van der Waals surface area (Å²) in [6.07, 6.45) is 1.60. The fraction of sp³-hybridized carbons (Fsp3) is 0.154. The molecule has 0 radical (unpaired) electrons. The number of nitrogens with two attached hydrogens (primary N) is 1. The van der Waals surface area contributed by atoms with Crippen LogP contribution in [0.2, 0.25) is 5.02 Å². The number of nitrogens with zero attached hydrogens (tertiary/aromatic N) is 2. The highest BCUT2D eigenvalue weighted by Gasteiger charge is 2.09. The maximum Gasteiger partial charge on any atom is 0.151 e. The Labute approximate surface area is 106 Å². The van der Waals surface area contributed by atoms with Gasteiger partial charge in [0.2, 0.25) is 0 Å². The second kappa shape index (κ2) is 4.63. The van der Waals surface area contributed by atoms with E-state index in [9.17, 15) is 0 Å². The van der Waals surface area contributed by atoms with Crippen molar-refractivity contribution in [2.24, 2.45) is 0 Å². The summed E-state index contributed by atoms with van der Waals surface area (Å²) in [4.78, 5) is 6.19. The van der Waals surface area contributed by atoms with E-state index in [0.717, 1.165) is 5.69 Å². The van der Waals surface area contributed by atoms with Crippen LogP contribution in [0.25, 0.3) is 0 Å². The number of pyridine rings is 1. The smallest absolute Gasteiger partial charge is 0.151 e. The van der Waals surface area contributed by atoms with Crippen LogP contribution in [0.5, 0.6) is 0 Å². The Kier molecular flexibility index (Phi) is 3.20. The number of hydrogen-bond acceptors (Lipinski definition) is 3. The van der Waals surface area contributed by atoms with Crippen molar-refractivity contribution >= 4 is 28.8 Å². The largest absolute Gasteiger partial charge is 0.397 e. The normalized spacial score (nSPS) is 10.3. The minimum atomic E-state index is 0.550. The Morgan fingerprint density at radius 3 is 2.71 bits per heavy atom. The molecule has 88 valence electrons. The van der Waals surface area contributed by atoms with Gasteiger partial charge in [-0.05, 0) is 30.7 Å². The third kappa shape index (κ3) is 2.50. The van der Waals surface area contributed by atoms with Crippen LogP contribution in [-0.2, 0) is 0 Å². The number of halogens is 1. The third-order valence-corrected chi connectivity index (χ3v) is 2.83. The summed E-state index contributed by atoms with van der Waals surface area (Å²) in [5, 5.41) is 0.550. The van der Waals surface area contributed by atoms with Crippen molar-refractivity contribution < 1.29 is 0 Å². The zero-order chi connectivity index (χ0) is 12.4. The van der Waals surface area contributed by atoms with Gasteiger partial charge in [0, 0.05) is 12.7 Å². The van der Waals surface area contributed by atoms with E-state index in [1.54, 1.807) is 12.3 Å². The van der Waals surface area contributed by atoms with Crippen molar-refractivity contribution in [3.8, 4) is 0 Å². The molecule has 0 atom stereocenters. The maximum absolute atomic E-state index is 6.13. The molecule has 17 heavy (non-hydrogen) atoms. The number of aromatic nitrogens is 1. The molecule has 0 aliphatic rings. The Balaban J connectivity index is 2.40. The van der Waals surface area contributed by atoms with Gasteiger partial charge in [-0.3, -0.25) is 0 Å². The second-order valence-electron chi connectivity index (χ2n) is 3.97. The molecule has 0 aliphatic carbocycles. The van der Waals surface area contributed by atoms with E-state index < -0.39 is 0 Å². The van der Waals surface area contributed by atoms with E-state index in [1.165, 1.54) is 5.56 Å². The topological polar surface area (TPSA) is 42.2 Å². The van der Waals surface area contributed by atoms with Crippen LogP contribution in [0.15, 0.2) is 36.5 Å². The SMILES string of the molecule is Cc1cccc(N(C)c2ncc(N)cc2Cl)c1. The Morgan fingerprint density at radius 1 is 1.29 bits per heavy atom. The quantitative estimate of drug-likeness (QED) is 0.885. The second-order valence-corrected chi connectivity index (χ2v) is 4.38. The standard InChI is InChI=1S/C13H14ClN3/c1-9-4-3-5-11(6-9)17(2)13-12(14)7-10(15)8-16-13/h3-8H,15H2,1-2H3. The van der Waals surface area contributed by atoms with Crippen LogP contribution >= 0.6 is 11.6 Å². The lowest BCUT2D eigenvalue weighted by Crippen LogP contribution is -2.12. The number of rotatable bonds is 2. The third-order valence-electron chi connectivity index (χ3n) is 2.55. The highest BCUT2D eigenvalue weighted by atomic mass is 35.5. The van der Waals surface area contributed by atoms with Gasteiger partial charge in [0.05, 0.1) is 16.9 Å². The first-order valence-electron chi connectivity index (χ1n) is 5.29. The summed E-state index contributed by atoms with van der Waals surface area (Å²) in [6.45, 7) is 2.05. The first-order chi connectivity index (χ1) is 8.08. The molecule has 3 nitrogen and oxygen atoms in total. The molecule has 1 aromatic heterocycles. The molecular weight excluding hydrogens is 234 g/mol. The van der Waals surface area contributed by atoms with E-state index in [4.69, 9.17) is 17.3 Å². The van der Waals surface area contributed by atoms with Crippen molar-refractivity contribution in [1.29, 1.82) is 0 Å². The molecule has 2 N–H and O–H groups in total. The summed E-state index contributed by atoms with van der Waals surface area (Å²) in [5.74, 6) is 0.700. The predicted octanol–water partition coefficient (Wildman–Crippen LogP) is 3.39. The van der Waals surface area contributed by atoms with Gasteiger partial charge < -0.3 is 10.6 Å². The van der Waals surface area contributed by atoms with E-state index in [-0.39, 0.29) is 0 Å². The van der Waals surface area contributed by atoms with Crippen molar-refractivity contribution in [3.63, 3.8) is 0 Å². The molecular formula is C13H14ClN3. The average molecular weight is 248 g/mol. The Morgan fingerprint density at radius 2 is 2.06 bits per heavy atom. The van der Waals surface area contributed by atoms with Crippen molar-refractivity contribution in [1.82, 2.24) is 4.98 Å². The van der Waals surface area contributed by atoms with Gasteiger partial charge in [0.15, 0.2) is 5.82 Å². The molecule has 0 fully saturated rings. The zero-order valence-electron chi connectivity index (χ0n) is 9.81. The first kappa shape index (κ1) is 11.7. The number of nitrogen functional groups attached to an aromatic ring is 1. The fourth-order valence-electron chi connectivity index (χ4n) is 1.65. The van der Waals surface area contributed by atoms with Crippen LogP contribution in [0.4, 0.5) is 17.2 Å². The van der Waals surface area contributed by atoms with E-state index in [1.807, 2.05) is 24.1 Å². The van der Waals surface area contributed by atoms with Crippen LogP contribution in [0.3, 0.4) is 0 Å². The molecule has 2 rings (SSSR count). The molecule has 4 heteroatoms. The highest BCUT2D eigenvalue weighted by molar-refractivity contribution is 6.33. The number of aryl methyl sites for hydroxylation is 1. The van der Waals surface area contributed by atoms with Gasteiger partial charge in [-0.1, -0.05) is 23.7 Å². The first-order valence-corrected chi connectivity index (χ1v) is 5.67. The summed E-state index contributed by atoms with van der Waals surface area (Å²) < 4.78 is 0. The van der Waals surface area contributed by atoms with Crippen molar-refractivity contribution in [2.45, 2.75) is 6.92 Å². The van der Waals surface area contributed by atoms with Crippen molar-refractivity contribution in [2.75, 3.05) is 17.7 Å². The van der Waals surface area contributed by atoms with Crippen LogP contribution in [-0.4, -0.2) is 12.0 Å². The van der Waals surface area contributed by atoms with E-state index >= 15 is 0 Å². The molecule has 2 aromatic rings. The van der Waals surface area contributed by atoms with Crippen LogP contribution < -0.4 is 10.6 Å². The summed E-state index contributed by atoms with van der Waals surface area (Å²) in [6, 6.07) is 9.85. The summed E-state index contributed by atoms with van der Waals surface area (Å²) in [7, 11) is 1.93. The molecule has 0 saturated carbocycles. The van der Waals surface area contributed by atoms with E-state index in [2.05, 4.69) is 24.0 Å². The monoisotopic (exact) mass is 247 g/mol. The molecule has 0 unspecified atom stereocenters. The highest BCUT2D eigenvalue weighted by Crippen LogP contribution is 2.29. The molecule has 1 heterocycles. The molecule has 0 amide bonds. The number of anilines is 3. The van der Waals surface area contributed by atoms with Crippen LogP contribution in [0, 0.1) is 6.92 Å². The van der Waals surface area contributed by atoms with Gasteiger partial charge in [-0.15, -0.1) is 0 Å². The van der Waals surface area contributed by atoms with Gasteiger partial charge >= 0.3 is 0 Å². The van der Waals surface area contributed by atoms with Gasteiger partial charge in [-0.25, -0.2) is 4.98 Å². The van der Waals surface area contributed by atoms with Crippen molar-refractivity contribution in [3.05, 3.63) is 47.1 Å². The summed E-state index contributed by atoms with van der Waals surface area (Å²) >= 11 is 6.13. The Hall–Kier alpha value is -1.74. The van der Waals surface area contributed by atoms with Gasteiger partial charge in [-0.2, -0.15) is 0 Å². The van der Waals surface area contributed by atoms with Gasteiger partial charge in [0.25, 0.3) is 0 Å². The van der Waals surface area contributed by atoms with Crippen LogP contribution in [0.1, 0.15) is 5.56 Å². The lowest BCUT2D eigenvalue weighted by molar-refractivity contribution is 1.13. The molecule has 0 aliphatic heterocycles. The van der Waals surface area contributed by atoms with E-state index in [0.29, 0.717) is 16.5 Å². The predicted molar refractivity (Wildman–Crippen MR) is 72.9 cm³/mol. The lowest BCUT2D eigenvalue weighted by Gasteiger charge is -2.20. The minimum absolute atomic E-state index is 0.550. The molecule has 0 spiro atoms.